The Bertz CT molecular complexity index is 814. The quantitative estimate of drug-likeness (QED) is 0.739. The third kappa shape index (κ3) is 4.08. The van der Waals surface area contributed by atoms with Gasteiger partial charge >= 0.3 is 5.97 Å². The molecule has 2 N–H and O–H groups in total. The van der Waals surface area contributed by atoms with Crippen LogP contribution in [-0.2, 0) is 4.79 Å². The van der Waals surface area contributed by atoms with Gasteiger partial charge in [-0.2, -0.15) is 5.10 Å². The standard InChI is InChI=1S/C17H15BrN2O4S/c1-23-13-8-11(7-12(18)15(13)24-9-14(21)22)17-20-19-16(25-17)10-5-3-2-4-6-10/h2-8,17,20H,9H2,1H3,(H,21,22)/t17-/m1/s1. The highest BCUT2D eigenvalue weighted by Crippen LogP contribution is 2.42. The number of thioether (sulfide) groups is 1. The first-order chi connectivity index (χ1) is 12.1. The van der Waals surface area contributed by atoms with Crippen LogP contribution >= 0.6 is 27.7 Å². The molecule has 1 aliphatic rings. The van der Waals surface area contributed by atoms with Gasteiger partial charge in [0.1, 0.15) is 10.4 Å². The van der Waals surface area contributed by atoms with Crippen molar-refractivity contribution in [1.82, 2.24) is 5.43 Å². The number of rotatable bonds is 6. The van der Waals surface area contributed by atoms with Crippen LogP contribution in [0.5, 0.6) is 11.5 Å². The number of carbonyl (C=O) groups is 1. The molecule has 130 valence electrons. The normalized spacial score (nSPS) is 16.1. The first-order valence-corrected chi connectivity index (χ1v) is 9.03. The second-order valence-electron chi connectivity index (χ2n) is 5.13. The van der Waals surface area contributed by atoms with Crippen molar-refractivity contribution in [3.8, 4) is 11.5 Å². The average Bonchev–Trinajstić information content (AvgIpc) is 3.10. The van der Waals surface area contributed by atoms with Gasteiger partial charge in [-0.15, -0.1) is 0 Å². The molecule has 25 heavy (non-hydrogen) atoms. The molecule has 0 saturated heterocycles. The Labute approximate surface area is 157 Å². The molecule has 2 aromatic carbocycles. The molecule has 8 heteroatoms. The first kappa shape index (κ1) is 17.6. The smallest absolute Gasteiger partial charge is 0.341 e. The summed E-state index contributed by atoms with van der Waals surface area (Å²) >= 11 is 5.02. The summed E-state index contributed by atoms with van der Waals surface area (Å²) in [5.41, 5.74) is 5.10. The van der Waals surface area contributed by atoms with Crippen LogP contribution in [0.15, 0.2) is 52.0 Å². The lowest BCUT2D eigenvalue weighted by Crippen LogP contribution is -2.11. The molecule has 0 radical (unpaired) electrons. The molecule has 0 unspecified atom stereocenters. The number of halogens is 1. The van der Waals surface area contributed by atoms with Crippen LogP contribution in [0, 0.1) is 0 Å². The van der Waals surface area contributed by atoms with Crippen LogP contribution in [-0.4, -0.2) is 29.8 Å². The van der Waals surface area contributed by atoms with Crippen molar-refractivity contribution >= 4 is 38.7 Å². The topological polar surface area (TPSA) is 80.1 Å². The van der Waals surface area contributed by atoms with E-state index in [9.17, 15) is 4.79 Å². The van der Waals surface area contributed by atoms with Crippen LogP contribution in [0.2, 0.25) is 0 Å². The minimum absolute atomic E-state index is 0.0751. The highest BCUT2D eigenvalue weighted by Gasteiger charge is 2.24. The highest BCUT2D eigenvalue weighted by atomic mass is 79.9. The van der Waals surface area contributed by atoms with Gasteiger partial charge in [-0.05, 0) is 33.6 Å². The molecule has 6 nitrogen and oxygen atoms in total. The zero-order chi connectivity index (χ0) is 17.8. The highest BCUT2D eigenvalue weighted by molar-refractivity contribution is 9.10. The molecule has 0 saturated carbocycles. The van der Waals surface area contributed by atoms with Gasteiger partial charge in [0.25, 0.3) is 0 Å². The number of hydrazone groups is 1. The molecule has 0 bridgehead atoms. The molecule has 3 rings (SSSR count). The average molecular weight is 423 g/mol. The second kappa shape index (κ2) is 7.79. The molecule has 1 heterocycles. The van der Waals surface area contributed by atoms with E-state index < -0.39 is 12.6 Å². The Kier molecular flexibility index (Phi) is 5.50. The van der Waals surface area contributed by atoms with Gasteiger partial charge in [-0.25, -0.2) is 4.79 Å². The summed E-state index contributed by atoms with van der Waals surface area (Å²) in [6, 6.07) is 13.6. The number of hydrogen-bond donors (Lipinski definition) is 2. The predicted molar refractivity (Wildman–Crippen MR) is 100 cm³/mol. The first-order valence-electron chi connectivity index (χ1n) is 7.36. The number of nitrogens with one attached hydrogen (secondary N) is 1. The van der Waals surface area contributed by atoms with E-state index >= 15 is 0 Å². The van der Waals surface area contributed by atoms with Gasteiger partial charge in [0.15, 0.2) is 18.1 Å². The maximum absolute atomic E-state index is 10.7. The molecule has 0 amide bonds. The Hall–Kier alpha value is -2.19. The van der Waals surface area contributed by atoms with E-state index in [1.165, 1.54) is 7.11 Å². The Morgan fingerprint density at radius 3 is 2.80 bits per heavy atom. The predicted octanol–water partition coefficient (Wildman–Crippen LogP) is 3.62. The molecular weight excluding hydrogens is 408 g/mol. The lowest BCUT2D eigenvalue weighted by atomic mass is 10.2. The van der Waals surface area contributed by atoms with Crippen LogP contribution in [0.4, 0.5) is 0 Å². The van der Waals surface area contributed by atoms with Gasteiger partial charge in [-0.1, -0.05) is 42.1 Å². The van der Waals surface area contributed by atoms with Crippen molar-refractivity contribution in [2.75, 3.05) is 13.7 Å². The van der Waals surface area contributed by atoms with Gasteiger partial charge in [-0.3, -0.25) is 5.43 Å². The number of hydrogen-bond acceptors (Lipinski definition) is 6. The van der Waals surface area contributed by atoms with E-state index in [1.54, 1.807) is 11.8 Å². The number of nitrogens with zero attached hydrogens (tertiary/aromatic N) is 1. The number of carboxylic acids is 1. The number of benzene rings is 2. The molecule has 2 aromatic rings. The lowest BCUT2D eigenvalue weighted by Gasteiger charge is -2.16. The Morgan fingerprint density at radius 2 is 2.12 bits per heavy atom. The molecule has 1 atom stereocenters. The maximum Gasteiger partial charge on any atom is 0.341 e. The monoisotopic (exact) mass is 422 g/mol. The third-order valence-corrected chi connectivity index (χ3v) is 5.18. The third-order valence-electron chi connectivity index (χ3n) is 3.43. The summed E-state index contributed by atoms with van der Waals surface area (Å²) in [5, 5.41) is 14.0. The van der Waals surface area contributed by atoms with Crippen LogP contribution in [0.25, 0.3) is 0 Å². The number of aliphatic carboxylic acids is 1. The summed E-state index contributed by atoms with van der Waals surface area (Å²) in [7, 11) is 1.51. The van der Waals surface area contributed by atoms with Crippen molar-refractivity contribution in [3.05, 3.63) is 58.1 Å². The van der Waals surface area contributed by atoms with Gasteiger partial charge in [0.05, 0.1) is 11.6 Å². The minimum Gasteiger partial charge on any atom is -0.493 e. The molecule has 0 fully saturated rings. The van der Waals surface area contributed by atoms with E-state index in [2.05, 4.69) is 26.5 Å². The van der Waals surface area contributed by atoms with E-state index in [4.69, 9.17) is 14.6 Å². The van der Waals surface area contributed by atoms with Crippen molar-refractivity contribution in [1.29, 1.82) is 0 Å². The zero-order valence-electron chi connectivity index (χ0n) is 13.2. The largest absolute Gasteiger partial charge is 0.493 e. The van der Waals surface area contributed by atoms with Gasteiger partial charge < -0.3 is 14.6 Å². The summed E-state index contributed by atoms with van der Waals surface area (Å²) in [6.45, 7) is -0.438. The van der Waals surface area contributed by atoms with Crippen molar-refractivity contribution in [2.45, 2.75) is 5.37 Å². The molecular formula is C17H15BrN2O4S. The fourth-order valence-electron chi connectivity index (χ4n) is 2.30. The van der Waals surface area contributed by atoms with E-state index in [0.717, 1.165) is 16.2 Å². The Balaban J connectivity index is 1.80. The Morgan fingerprint density at radius 1 is 1.36 bits per heavy atom. The van der Waals surface area contributed by atoms with Gasteiger partial charge in [0, 0.05) is 5.56 Å². The lowest BCUT2D eigenvalue weighted by molar-refractivity contribution is -0.139. The SMILES string of the molecule is COc1cc([C@@H]2NN=C(c3ccccc3)S2)cc(Br)c1OCC(=O)O. The minimum atomic E-state index is -1.05. The number of ether oxygens (including phenoxy) is 2. The van der Waals surface area contributed by atoms with Gasteiger partial charge in [0.2, 0.25) is 0 Å². The van der Waals surface area contributed by atoms with E-state index in [-0.39, 0.29) is 5.37 Å². The fraction of sp³-hybridized carbons (Fsp3) is 0.176. The molecule has 0 spiro atoms. The summed E-state index contributed by atoms with van der Waals surface area (Å²) in [5.74, 6) is -0.228. The number of carboxylic acid groups (broad SMARTS) is 1. The zero-order valence-corrected chi connectivity index (χ0v) is 15.6. The van der Waals surface area contributed by atoms with Crippen molar-refractivity contribution in [2.24, 2.45) is 5.10 Å². The summed E-state index contributed by atoms with van der Waals surface area (Å²) in [4.78, 5) is 10.7. The number of methoxy groups -OCH3 is 1. The van der Waals surface area contributed by atoms with Crippen LogP contribution in [0.3, 0.4) is 0 Å². The summed E-state index contributed by atoms with van der Waals surface area (Å²) < 4.78 is 11.3. The second-order valence-corrected chi connectivity index (χ2v) is 7.07. The fourth-order valence-corrected chi connectivity index (χ4v) is 3.86. The van der Waals surface area contributed by atoms with E-state index in [1.807, 2.05) is 42.5 Å². The molecule has 1 aliphatic heterocycles. The van der Waals surface area contributed by atoms with Crippen molar-refractivity contribution < 1.29 is 19.4 Å². The summed E-state index contributed by atoms with van der Waals surface area (Å²) in [6.07, 6.45) is 0. The molecule has 0 aromatic heterocycles. The van der Waals surface area contributed by atoms with Crippen LogP contribution < -0.4 is 14.9 Å². The van der Waals surface area contributed by atoms with E-state index in [0.29, 0.717) is 16.0 Å². The maximum atomic E-state index is 10.7. The van der Waals surface area contributed by atoms with Crippen molar-refractivity contribution in [3.63, 3.8) is 0 Å². The van der Waals surface area contributed by atoms with Crippen LogP contribution in [0.1, 0.15) is 16.5 Å². The molecule has 0 aliphatic carbocycles.